The van der Waals surface area contributed by atoms with Crippen LogP contribution in [0.2, 0.25) is 0 Å². The van der Waals surface area contributed by atoms with Gasteiger partial charge in [0.1, 0.15) is 6.04 Å². The molecule has 2 fully saturated rings. The molecule has 8 nitrogen and oxygen atoms in total. The van der Waals surface area contributed by atoms with Gasteiger partial charge in [0.15, 0.2) is 5.78 Å². The van der Waals surface area contributed by atoms with E-state index >= 15 is 0 Å². The minimum Gasteiger partial charge on any atom is -0.358 e. The number of rotatable bonds is 4. The number of non-ortho nitro benzene ring substituents is 1. The summed E-state index contributed by atoms with van der Waals surface area (Å²) in [5, 5.41) is 11.2. The van der Waals surface area contributed by atoms with E-state index < -0.39 is 40.7 Å². The first-order valence-corrected chi connectivity index (χ1v) is 11.6. The predicted molar refractivity (Wildman–Crippen MR) is 132 cm³/mol. The summed E-state index contributed by atoms with van der Waals surface area (Å²) in [6.45, 7) is 1.63. The molecular formula is C28H21N3O5. The van der Waals surface area contributed by atoms with Gasteiger partial charge in [0.2, 0.25) is 11.8 Å². The molecule has 6 rings (SSSR count). The molecule has 0 aromatic heterocycles. The van der Waals surface area contributed by atoms with Crippen molar-refractivity contribution >= 4 is 35.0 Å². The summed E-state index contributed by atoms with van der Waals surface area (Å²) in [4.78, 5) is 55.4. The Labute approximate surface area is 206 Å². The number of fused-ring (bicyclic) bond motifs is 5. The number of Topliss-reactive ketones (excluding diaryl/α,β-unsaturated/α-hetero) is 1. The third-order valence-electron chi connectivity index (χ3n) is 7.42. The van der Waals surface area contributed by atoms with E-state index in [-0.39, 0.29) is 11.5 Å². The third-order valence-corrected chi connectivity index (χ3v) is 7.42. The van der Waals surface area contributed by atoms with Crippen molar-refractivity contribution in [2.45, 2.75) is 19.0 Å². The number of nitrogens with zero attached hydrogens (tertiary/aromatic N) is 3. The van der Waals surface area contributed by atoms with Crippen LogP contribution in [-0.2, 0) is 9.59 Å². The molecule has 3 aliphatic heterocycles. The summed E-state index contributed by atoms with van der Waals surface area (Å²) in [5.74, 6) is -2.74. The Kier molecular flexibility index (Phi) is 4.86. The zero-order valence-corrected chi connectivity index (χ0v) is 19.3. The fourth-order valence-corrected chi connectivity index (χ4v) is 5.87. The summed E-state index contributed by atoms with van der Waals surface area (Å²) < 4.78 is 0. The van der Waals surface area contributed by atoms with E-state index in [2.05, 4.69) is 0 Å². The van der Waals surface area contributed by atoms with Crippen LogP contribution in [0, 0.1) is 28.9 Å². The molecule has 4 atom stereocenters. The number of hydrogen-bond acceptors (Lipinski definition) is 6. The van der Waals surface area contributed by atoms with E-state index in [1.54, 1.807) is 31.2 Å². The van der Waals surface area contributed by atoms with Gasteiger partial charge in [-0.15, -0.1) is 0 Å². The lowest BCUT2D eigenvalue weighted by molar-refractivity contribution is -0.384. The second-order valence-corrected chi connectivity index (χ2v) is 9.30. The van der Waals surface area contributed by atoms with Crippen LogP contribution in [-0.4, -0.2) is 33.5 Å². The SMILES string of the molecule is Cc1cc([N+](=O)[O-])ccc1N1C(=O)C2C(C1=O)C1c3ccccc3C=CN1C2C(=O)c1ccccc1. The molecule has 3 aromatic carbocycles. The van der Waals surface area contributed by atoms with Crippen molar-refractivity contribution in [1.82, 2.24) is 4.90 Å². The quantitative estimate of drug-likeness (QED) is 0.239. The van der Waals surface area contributed by atoms with Crippen LogP contribution in [0.1, 0.15) is 33.1 Å². The molecule has 2 amide bonds. The Morgan fingerprint density at radius 1 is 0.917 bits per heavy atom. The molecule has 0 bridgehead atoms. The summed E-state index contributed by atoms with van der Waals surface area (Å²) in [7, 11) is 0. The van der Waals surface area contributed by atoms with Crippen molar-refractivity contribution in [2.75, 3.05) is 4.90 Å². The van der Waals surface area contributed by atoms with Crippen LogP contribution in [0.15, 0.2) is 79.0 Å². The molecular weight excluding hydrogens is 458 g/mol. The number of imide groups is 1. The van der Waals surface area contributed by atoms with Gasteiger partial charge in [-0.3, -0.25) is 24.5 Å². The van der Waals surface area contributed by atoms with Gasteiger partial charge >= 0.3 is 0 Å². The molecule has 8 heteroatoms. The van der Waals surface area contributed by atoms with E-state index in [1.165, 1.54) is 18.2 Å². The highest BCUT2D eigenvalue weighted by Crippen LogP contribution is 2.54. The monoisotopic (exact) mass is 479 g/mol. The normalized spacial score (nSPS) is 23.9. The fourth-order valence-electron chi connectivity index (χ4n) is 5.87. The molecule has 0 N–H and O–H groups in total. The number of nitro benzene ring substituents is 1. The average Bonchev–Trinajstić information content (AvgIpc) is 3.36. The van der Waals surface area contributed by atoms with Gasteiger partial charge in [0, 0.05) is 23.9 Å². The summed E-state index contributed by atoms with van der Waals surface area (Å²) in [6.07, 6.45) is 3.73. The summed E-state index contributed by atoms with van der Waals surface area (Å²) in [6, 6.07) is 19.2. The van der Waals surface area contributed by atoms with Gasteiger partial charge in [-0.25, -0.2) is 4.90 Å². The van der Waals surface area contributed by atoms with E-state index in [0.29, 0.717) is 16.8 Å². The Hall–Kier alpha value is -4.59. The smallest absolute Gasteiger partial charge is 0.269 e. The molecule has 4 unspecified atom stereocenters. The minimum absolute atomic E-state index is 0.120. The summed E-state index contributed by atoms with van der Waals surface area (Å²) in [5.41, 5.74) is 2.93. The van der Waals surface area contributed by atoms with Crippen molar-refractivity contribution < 1.29 is 19.3 Å². The van der Waals surface area contributed by atoms with Gasteiger partial charge in [-0.05, 0) is 35.8 Å². The number of carbonyl (C=O) groups excluding carboxylic acids is 3. The van der Waals surface area contributed by atoms with Gasteiger partial charge in [-0.2, -0.15) is 0 Å². The lowest BCUT2D eigenvalue weighted by Crippen LogP contribution is -2.44. The Balaban J connectivity index is 1.49. The maximum absolute atomic E-state index is 13.9. The number of hydrogen-bond donors (Lipinski definition) is 0. The number of carbonyl (C=O) groups is 3. The van der Waals surface area contributed by atoms with Crippen LogP contribution in [0.4, 0.5) is 11.4 Å². The van der Waals surface area contributed by atoms with Crippen molar-refractivity contribution in [3.05, 3.63) is 111 Å². The number of amides is 2. The molecule has 3 aliphatic rings. The van der Waals surface area contributed by atoms with Gasteiger partial charge < -0.3 is 4.90 Å². The molecule has 0 spiro atoms. The minimum atomic E-state index is -0.888. The van der Waals surface area contributed by atoms with Crippen LogP contribution in [0.3, 0.4) is 0 Å². The third kappa shape index (κ3) is 3.04. The summed E-state index contributed by atoms with van der Waals surface area (Å²) >= 11 is 0. The largest absolute Gasteiger partial charge is 0.358 e. The van der Waals surface area contributed by atoms with Crippen molar-refractivity contribution in [3.63, 3.8) is 0 Å². The second-order valence-electron chi connectivity index (χ2n) is 9.30. The Morgan fingerprint density at radius 2 is 1.61 bits per heavy atom. The first kappa shape index (κ1) is 21.9. The van der Waals surface area contributed by atoms with Crippen LogP contribution >= 0.6 is 0 Å². The number of aryl methyl sites for hydroxylation is 1. The molecule has 0 saturated carbocycles. The first-order chi connectivity index (χ1) is 17.4. The molecule has 0 aliphatic carbocycles. The zero-order chi connectivity index (χ0) is 25.1. The first-order valence-electron chi connectivity index (χ1n) is 11.6. The highest BCUT2D eigenvalue weighted by molar-refractivity contribution is 6.25. The van der Waals surface area contributed by atoms with E-state index in [1.807, 2.05) is 47.5 Å². The van der Waals surface area contributed by atoms with E-state index in [4.69, 9.17) is 0 Å². The van der Waals surface area contributed by atoms with Crippen LogP contribution in [0.25, 0.3) is 6.08 Å². The van der Waals surface area contributed by atoms with Crippen molar-refractivity contribution in [1.29, 1.82) is 0 Å². The van der Waals surface area contributed by atoms with Gasteiger partial charge in [-0.1, -0.05) is 54.6 Å². The van der Waals surface area contributed by atoms with Crippen LogP contribution in [0.5, 0.6) is 0 Å². The maximum atomic E-state index is 13.9. The number of ketones is 1. The lowest BCUT2D eigenvalue weighted by atomic mass is 9.83. The fraction of sp³-hybridized carbons (Fsp3) is 0.179. The predicted octanol–water partition coefficient (Wildman–Crippen LogP) is 4.30. The van der Waals surface area contributed by atoms with E-state index in [9.17, 15) is 24.5 Å². The Morgan fingerprint density at radius 3 is 2.33 bits per heavy atom. The highest BCUT2D eigenvalue weighted by atomic mass is 16.6. The highest BCUT2D eigenvalue weighted by Gasteiger charge is 2.64. The Bertz CT molecular complexity index is 1480. The van der Waals surface area contributed by atoms with Gasteiger partial charge in [0.05, 0.1) is 28.5 Å². The molecule has 2 saturated heterocycles. The lowest BCUT2D eigenvalue weighted by Gasteiger charge is -2.35. The molecule has 3 aromatic rings. The number of anilines is 1. The van der Waals surface area contributed by atoms with E-state index in [0.717, 1.165) is 16.0 Å². The van der Waals surface area contributed by atoms with Crippen molar-refractivity contribution in [3.8, 4) is 0 Å². The van der Waals surface area contributed by atoms with Gasteiger partial charge in [0.25, 0.3) is 5.69 Å². The molecule has 36 heavy (non-hydrogen) atoms. The number of benzene rings is 3. The molecule has 3 heterocycles. The number of nitro groups is 1. The standard InChI is InChI=1S/C28H21N3O5/c1-16-15-19(31(35)36)11-12-21(16)30-27(33)22-23(28(30)34)25(26(32)18-8-3-2-4-9-18)29-14-13-17-7-5-6-10-20(17)24(22)29/h2-15,22-25H,1H3. The maximum Gasteiger partial charge on any atom is 0.269 e. The molecule has 178 valence electrons. The van der Waals surface area contributed by atoms with Crippen molar-refractivity contribution in [2.24, 2.45) is 11.8 Å². The second kappa shape index (κ2) is 7.98. The zero-order valence-electron chi connectivity index (χ0n) is 19.3. The van der Waals surface area contributed by atoms with Crippen LogP contribution < -0.4 is 4.90 Å². The molecule has 0 radical (unpaired) electrons. The average molecular weight is 479 g/mol. The topological polar surface area (TPSA) is 101 Å².